The van der Waals surface area contributed by atoms with Gasteiger partial charge in [-0.25, -0.2) is 8.42 Å². The summed E-state index contributed by atoms with van der Waals surface area (Å²) in [5.74, 6) is 0.0856. The number of sulfonamides is 1. The highest BCUT2D eigenvalue weighted by Gasteiger charge is 2.16. The van der Waals surface area contributed by atoms with Crippen molar-refractivity contribution in [2.75, 3.05) is 33.0 Å². The number of carbonyl (C=O) groups is 1. The number of amides is 1. The summed E-state index contributed by atoms with van der Waals surface area (Å²) >= 11 is 0. The SMILES string of the molecule is CCO[C@@H](CCNC(=O)CN(C)S(C)(=O)=O)C(C)C. The number of likely N-dealkylation sites (N-methyl/N-ethyl adjacent to an activating group) is 1. The molecule has 19 heavy (non-hydrogen) atoms. The van der Waals surface area contributed by atoms with E-state index in [9.17, 15) is 13.2 Å². The zero-order valence-electron chi connectivity index (χ0n) is 12.5. The van der Waals surface area contributed by atoms with Crippen LogP contribution in [0.4, 0.5) is 0 Å². The molecular formula is C12H26N2O4S. The monoisotopic (exact) mass is 294 g/mol. The molecule has 114 valence electrons. The number of nitrogens with one attached hydrogen (secondary N) is 1. The molecule has 0 aromatic rings. The summed E-state index contributed by atoms with van der Waals surface area (Å²) in [4.78, 5) is 11.6. The van der Waals surface area contributed by atoms with Crippen LogP contribution in [0.2, 0.25) is 0 Å². The van der Waals surface area contributed by atoms with Crippen LogP contribution < -0.4 is 5.32 Å². The summed E-state index contributed by atoms with van der Waals surface area (Å²) in [5.41, 5.74) is 0. The lowest BCUT2D eigenvalue weighted by atomic mass is 10.0. The lowest BCUT2D eigenvalue weighted by Crippen LogP contribution is -2.39. The van der Waals surface area contributed by atoms with Crippen LogP contribution in [0, 0.1) is 5.92 Å². The smallest absolute Gasteiger partial charge is 0.235 e. The standard InChI is InChI=1S/C12H26N2O4S/c1-6-18-11(10(2)3)7-8-13-12(15)9-14(4)19(5,16)17/h10-11H,6-9H2,1-5H3,(H,13,15)/t11-/m0/s1. The van der Waals surface area contributed by atoms with Crippen LogP contribution in [0.1, 0.15) is 27.2 Å². The van der Waals surface area contributed by atoms with Gasteiger partial charge in [0.1, 0.15) is 0 Å². The van der Waals surface area contributed by atoms with Gasteiger partial charge in [-0.2, -0.15) is 4.31 Å². The molecule has 1 amide bonds. The summed E-state index contributed by atoms with van der Waals surface area (Å²) in [6, 6.07) is 0. The van der Waals surface area contributed by atoms with E-state index in [0.29, 0.717) is 19.1 Å². The van der Waals surface area contributed by atoms with Crippen molar-refractivity contribution in [3.8, 4) is 0 Å². The number of ether oxygens (including phenoxy) is 1. The van der Waals surface area contributed by atoms with Gasteiger partial charge in [-0.05, 0) is 19.3 Å². The minimum absolute atomic E-state index is 0.109. The van der Waals surface area contributed by atoms with Crippen molar-refractivity contribution in [1.29, 1.82) is 0 Å². The Hall–Kier alpha value is -0.660. The fraction of sp³-hybridized carbons (Fsp3) is 0.917. The van der Waals surface area contributed by atoms with Crippen LogP contribution in [0.5, 0.6) is 0 Å². The van der Waals surface area contributed by atoms with E-state index in [2.05, 4.69) is 19.2 Å². The number of nitrogens with zero attached hydrogens (tertiary/aromatic N) is 1. The van der Waals surface area contributed by atoms with Gasteiger partial charge < -0.3 is 10.1 Å². The van der Waals surface area contributed by atoms with E-state index in [1.54, 1.807) is 0 Å². The third-order valence-corrected chi connectivity index (χ3v) is 4.07. The quantitative estimate of drug-likeness (QED) is 0.670. The summed E-state index contributed by atoms with van der Waals surface area (Å²) < 4.78 is 28.9. The summed E-state index contributed by atoms with van der Waals surface area (Å²) in [5, 5.41) is 2.70. The van der Waals surface area contributed by atoms with Crippen LogP contribution >= 0.6 is 0 Å². The molecule has 0 radical (unpaired) electrons. The Morgan fingerprint density at radius 3 is 2.37 bits per heavy atom. The maximum Gasteiger partial charge on any atom is 0.235 e. The van der Waals surface area contributed by atoms with Crippen molar-refractivity contribution < 1.29 is 17.9 Å². The summed E-state index contributed by atoms with van der Waals surface area (Å²) in [6.07, 6.45) is 1.90. The molecule has 0 heterocycles. The summed E-state index contributed by atoms with van der Waals surface area (Å²) in [7, 11) is -1.93. The Bertz CT molecular complexity index is 368. The molecule has 6 nitrogen and oxygen atoms in total. The summed E-state index contributed by atoms with van der Waals surface area (Å²) in [6.45, 7) is 7.06. The lowest BCUT2D eigenvalue weighted by molar-refractivity contribution is -0.121. The lowest BCUT2D eigenvalue weighted by Gasteiger charge is -2.21. The van der Waals surface area contributed by atoms with Crippen molar-refractivity contribution in [2.24, 2.45) is 5.92 Å². The Balaban J connectivity index is 4.03. The Morgan fingerprint density at radius 2 is 1.95 bits per heavy atom. The van der Waals surface area contributed by atoms with Crippen molar-refractivity contribution >= 4 is 15.9 Å². The second-order valence-electron chi connectivity index (χ2n) is 4.90. The van der Waals surface area contributed by atoms with Gasteiger partial charge in [0.2, 0.25) is 15.9 Å². The minimum Gasteiger partial charge on any atom is -0.378 e. The van der Waals surface area contributed by atoms with Crippen LogP contribution in [-0.4, -0.2) is 57.7 Å². The highest BCUT2D eigenvalue weighted by Crippen LogP contribution is 2.09. The second-order valence-corrected chi connectivity index (χ2v) is 6.98. The number of hydrogen-bond acceptors (Lipinski definition) is 4. The Kier molecular flexibility index (Phi) is 8.20. The average Bonchev–Trinajstić information content (AvgIpc) is 2.26. The average molecular weight is 294 g/mol. The maximum atomic E-state index is 11.6. The van der Waals surface area contributed by atoms with Crippen LogP contribution in [0.15, 0.2) is 0 Å². The molecule has 0 aliphatic carbocycles. The van der Waals surface area contributed by atoms with E-state index in [4.69, 9.17) is 4.74 Å². The normalized spacial score (nSPS) is 13.8. The van der Waals surface area contributed by atoms with Gasteiger partial charge >= 0.3 is 0 Å². The third-order valence-electron chi connectivity index (χ3n) is 2.81. The van der Waals surface area contributed by atoms with E-state index < -0.39 is 10.0 Å². The van der Waals surface area contributed by atoms with E-state index in [1.165, 1.54) is 7.05 Å². The molecule has 0 saturated heterocycles. The first-order valence-electron chi connectivity index (χ1n) is 6.48. The van der Waals surface area contributed by atoms with Gasteiger partial charge in [0, 0.05) is 20.2 Å². The molecule has 0 rings (SSSR count). The van der Waals surface area contributed by atoms with E-state index in [1.807, 2.05) is 6.92 Å². The minimum atomic E-state index is -3.31. The fourth-order valence-electron chi connectivity index (χ4n) is 1.55. The predicted octanol–water partition coefficient (Wildman–Crippen LogP) is 0.445. The molecule has 0 bridgehead atoms. The molecule has 0 aromatic heterocycles. The van der Waals surface area contributed by atoms with Crippen LogP contribution in [-0.2, 0) is 19.6 Å². The predicted molar refractivity (Wildman–Crippen MR) is 75.4 cm³/mol. The first kappa shape index (κ1) is 18.3. The maximum absolute atomic E-state index is 11.6. The van der Waals surface area contributed by atoms with Crippen molar-refractivity contribution in [2.45, 2.75) is 33.3 Å². The zero-order valence-corrected chi connectivity index (χ0v) is 13.3. The molecule has 0 aliphatic heterocycles. The molecule has 1 N–H and O–H groups in total. The molecule has 0 fully saturated rings. The molecule has 0 saturated carbocycles. The van der Waals surface area contributed by atoms with Crippen molar-refractivity contribution in [3.63, 3.8) is 0 Å². The molecule has 0 spiro atoms. The van der Waals surface area contributed by atoms with Gasteiger partial charge in [0.15, 0.2) is 0 Å². The first-order chi connectivity index (χ1) is 8.68. The zero-order chi connectivity index (χ0) is 15.1. The van der Waals surface area contributed by atoms with E-state index in [-0.39, 0.29) is 18.6 Å². The third kappa shape index (κ3) is 8.18. The van der Waals surface area contributed by atoms with Gasteiger partial charge in [-0.1, -0.05) is 13.8 Å². The number of rotatable bonds is 9. The van der Waals surface area contributed by atoms with Gasteiger partial charge in [-0.3, -0.25) is 4.79 Å². The van der Waals surface area contributed by atoms with E-state index in [0.717, 1.165) is 17.0 Å². The molecule has 0 aliphatic rings. The molecular weight excluding hydrogens is 268 g/mol. The number of carbonyl (C=O) groups excluding carboxylic acids is 1. The molecule has 1 atom stereocenters. The highest BCUT2D eigenvalue weighted by atomic mass is 32.2. The topological polar surface area (TPSA) is 75.7 Å². The molecule has 7 heteroatoms. The fourth-order valence-corrected chi connectivity index (χ4v) is 1.90. The van der Waals surface area contributed by atoms with Gasteiger partial charge in [0.25, 0.3) is 0 Å². The van der Waals surface area contributed by atoms with E-state index >= 15 is 0 Å². The van der Waals surface area contributed by atoms with Crippen molar-refractivity contribution in [1.82, 2.24) is 9.62 Å². The first-order valence-corrected chi connectivity index (χ1v) is 8.32. The number of hydrogen-bond donors (Lipinski definition) is 1. The molecule has 0 unspecified atom stereocenters. The Labute approximate surface area is 116 Å². The van der Waals surface area contributed by atoms with Crippen LogP contribution in [0.3, 0.4) is 0 Å². The highest BCUT2D eigenvalue weighted by molar-refractivity contribution is 7.88. The van der Waals surface area contributed by atoms with Crippen molar-refractivity contribution in [3.05, 3.63) is 0 Å². The van der Waals surface area contributed by atoms with Crippen LogP contribution in [0.25, 0.3) is 0 Å². The van der Waals surface area contributed by atoms with Gasteiger partial charge in [-0.15, -0.1) is 0 Å². The molecule has 0 aromatic carbocycles. The second kappa shape index (κ2) is 8.50. The largest absolute Gasteiger partial charge is 0.378 e. The van der Waals surface area contributed by atoms with Gasteiger partial charge in [0.05, 0.1) is 18.9 Å². The Morgan fingerprint density at radius 1 is 1.37 bits per heavy atom.